The van der Waals surface area contributed by atoms with E-state index in [9.17, 15) is 44.1 Å². The third kappa shape index (κ3) is 15.4. The van der Waals surface area contributed by atoms with Gasteiger partial charge in [-0.3, -0.25) is 28.8 Å². The van der Waals surface area contributed by atoms with Gasteiger partial charge in [-0.25, -0.2) is 0 Å². The number of aryl methyl sites for hydroxylation is 1. The molecule has 0 saturated carbocycles. The summed E-state index contributed by atoms with van der Waals surface area (Å²) < 4.78 is 5.84. The lowest BCUT2D eigenvalue weighted by Crippen LogP contribution is -2.60. The molecule has 0 aromatic heterocycles. The number of aliphatic hydroxyl groups is 2. The normalized spacial score (nSPS) is 23.2. The number of phenols is 1. The molecule has 60 heavy (non-hydrogen) atoms. The summed E-state index contributed by atoms with van der Waals surface area (Å²) >= 11 is 0. The summed E-state index contributed by atoms with van der Waals surface area (Å²) in [5.74, 6) is -2.87. The minimum Gasteiger partial charge on any atom is -0.508 e. The van der Waals surface area contributed by atoms with Crippen molar-refractivity contribution in [2.45, 2.75) is 140 Å². The fraction of sp³-hybridized carbons (Fsp3) is 0.591. The van der Waals surface area contributed by atoms with Crippen molar-refractivity contribution in [2.24, 2.45) is 0 Å². The van der Waals surface area contributed by atoms with Gasteiger partial charge in [0, 0.05) is 38.0 Å². The van der Waals surface area contributed by atoms with Crippen LogP contribution in [0.3, 0.4) is 0 Å². The third-order valence-electron chi connectivity index (χ3n) is 10.8. The van der Waals surface area contributed by atoms with Gasteiger partial charge < -0.3 is 51.5 Å². The standard InChI is InChI=1S/C44H64N6O10/c1-3-4-5-6-7-10-26-60-34-21-17-31(18-22-34)40(55)47-35-12-11-25-45-38(54)13-8-9-24-46-41(56)36(23-16-30-14-19-32(52)20-15-30)48-43(58)37-27-33(53)28-50(37)44(59)39(29(2)51)49-42(35)57/h14-15,17-22,29,33,35-37,39,51-53H,3-13,16,23-28H2,1-2H3,(H,45,54)(H,46,56)(H,47,55)(H,48,58)(H,49,57)/t29-,33-,35+,36+,37+,39+/m1/s1. The Morgan fingerprint density at radius 3 is 2.28 bits per heavy atom. The Labute approximate surface area is 352 Å². The molecule has 2 aliphatic rings. The van der Waals surface area contributed by atoms with Crippen molar-refractivity contribution >= 4 is 35.4 Å². The summed E-state index contributed by atoms with van der Waals surface area (Å²) in [6.07, 6.45) is 6.12. The lowest BCUT2D eigenvalue weighted by molar-refractivity contribution is -0.144. The van der Waals surface area contributed by atoms with Gasteiger partial charge >= 0.3 is 0 Å². The fourth-order valence-electron chi connectivity index (χ4n) is 7.29. The minimum atomic E-state index is -1.57. The van der Waals surface area contributed by atoms with Crippen LogP contribution in [0.1, 0.15) is 113 Å². The zero-order valence-electron chi connectivity index (χ0n) is 35.0. The van der Waals surface area contributed by atoms with E-state index in [1.165, 1.54) is 38.3 Å². The summed E-state index contributed by atoms with van der Waals surface area (Å²) in [6.45, 7) is 4.21. The minimum absolute atomic E-state index is 0.0725. The first-order chi connectivity index (χ1) is 28.9. The van der Waals surface area contributed by atoms with Crippen LogP contribution in [-0.4, -0.2) is 118 Å². The van der Waals surface area contributed by atoms with Crippen LogP contribution >= 0.6 is 0 Å². The molecule has 6 atom stereocenters. The monoisotopic (exact) mass is 836 g/mol. The first kappa shape index (κ1) is 47.5. The number of hydrogen-bond acceptors (Lipinski definition) is 10. The molecule has 0 unspecified atom stereocenters. The highest BCUT2D eigenvalue weighted by atomic mass is 16.5. The number of amides is 6. The van der Waals surface area contributed by atoms with Crippen LogP contribution in [0.25, 0.3) is 0 Å². The SMILES string of the molecule is CCCCCCCCOc1ccc(C(=O)N[C@H]2CCCNC(=O)CCCCNC(=O)[C@H](CCc3ccc(O)cc3)NC(=O)[C@@H]3C[C@@H](O)CN3C(=O)[C@H]([C@@H](C)O)NC2=O)cc1. The summed E-state index contributed by atoms with van der Waals surface area (Å²) in [5, 5.41) is 44.9. The number of phenolic OH excluding ortho intramolecular Hbond substituents is 1. The number of unbranched alkanes of at least 4 members (excludes halogenated alkanes) is 5. The lowest BCUT2D eigenvalue weighted by atomic mass is 10.0. The largest absolute Gasteiger partial charge is 0.508 e. The number of nitrogens with zero attached hydrogens (tertiary/aromatic N) is 1. The second kappa shape index (κ2) is 24.8. The van der Waals surface area contributed by atoms with Gasteiger partial charge in [0.1, 0.15) is 35.7 Å². The average Bonchev–Trinajstić information content (AvgIpc) is 3.63. The van der Waals surface area contributed by atoms with Gasteiger partial charge in [0.15, 0.2) is 0 Å². The van der Waals surface area contributed by atoms with Crippen molar-refractivity contribution in [3.8, 4) is 11.5 Å². The third-order valence-corrected chi connectivity index (χ3v) is 10.8. The van der Waals surface area contributed by atoms with E-state index in [0.717, 1.165) is 29.7 Å². The van der Waals surface area contributed by atoms with Crippen LogP contribution in [0.4, 0.5) is 0 Å². The van der Waals surface area contributed by atoms with Crippen molar-refractivity contribution in [1.29, 1.82) is 0 Å². The fourth-order valence-corrected chi connectivity index (χ4v) is 7.29. The number of benzene rings is 2. The number of nitrogens with one attached hydrogen (secondary N) is 5. The average molecular weight is 837 g/mol. The molecule has 0 aliphatic carbocycles. The van der Waals surface area contributed by atoms with Crippen molar-refractivity contribution in [3.05, 3.63) is 59.7 Å². The Hall–Kier alpha value is -5.22. The zero-order chi connectivity index (χ0) is 43.4. The molecule has 8 N–H and O–H groups in total. The molecule has 2 saturated heterocycles. The van der Waals surface area contributed by atoms with Crippen molar-refractivity contribution < 1.29 is 48.8 Å². The Bertz CT molecular complexity index is 1710. The van der Waals surface area contributed by atoms with Crippen LogP contribution in [0, 0.1) is 0 Å². The first-order valence-electron chi connectivity index (χ1n) is 21.5. The maximum atomic E-state index is 14.1. The molecule has 0 bridgehead atoms. The molecule has 4 rings (SSSR count). The van der Waals surface area contributed by atoms with Gasteiger partial charge in [0.25, 0.3) is 5.91 Å². The van der Waals surface area contributed by atoms with E-state index in [-0.39, 0.29) is 69.0 Å². The Kier molecular flexibility index (Phi) is 19.6. The highest BCUT2D eigenvalue weighted by Gasteiger charge is 2.44. The Balaban J connectivity index is 1.49. The molecule has 330 valence electrons. The Morgan fingerprint density at radius 1 is 0.867 bits per heavy atom. The molecule has 2 aromatic rings. The summed E-state index contributed by atoms with van der Waals surface area (Å²) in [6, 6.07) is 7.96. The summed E-state index contributed by atoms with van der Waals surface area (Å²) in [7, 11) is 0. The predicted octanol–water partition coefficient (Wildman–Crippen LogP) is 2.37. The van der Waals surface area contributed by atoms with Crippen LogP contribution in [0.15, 0.2) is 48.5 Å². The quantitative estimate of drug-likeness (QED) is 0.129. The smallest absolute Gasteiger partial charge is 0.251 e. The summed E-state index contributed by atoms with van der Waals surface area (Å²) in [5.41, 5.74) is 1.07. The lowest BCUT2D eigenvalue weighted by Gasteiger charge is -2.31. The van der Waals surface area contributed by atoms with Crippen LogP contribution in [0.2, 0.25) is 0 Å². The maximum Gasteiger partial charge on any atom is 0.251 e. The molecular weight excluding hydrogens is 773 g/mol. The first-order valence-corrected chi connectivity index (χ1v) is 21.5. The number of fused-ring (bicyclic) bond motifs is 1. The van der Waals surface area contributed by atoms with Gasteiger partial charge in [-0.2, -0.15) is 0 Å². The van der Waals surface area contributed by atoms with Crippen LogP contribution in [-0.2, 0) is 30.4 Å². The van der Waals surface area contributed by atoms with E-state index < -0.39 is 65.9 Å². The maximum absolute atomic E-state index is 14.1. The zero-order valence-corrected chi connectivity index (χ0v) is 35.0. The number of aromatic hydroxyl groups is 1. The van der Waals surface area contributed by atoms with Gasteiger partial charge in [-0.1, -0.05) is 51.2 Å². The van der Waals surface area contributed by atoms with E-state index in [2.05, 4.69) is 33.5 Å². The van der Waals surface area contributed by atoms with Gasteiger partial charge in [-0.15, -0.1) is 0 Å². The molecule has 16 heteroatoms. The Morgan fingerprint density at radius 2 is 1.57 bits per heavy atom. The summed E-state index contributed by atoms with van der Waals surface area (Å²) in [4.78, 5) is 82.5. The van der Waals surface area contributed by atoms with E-state index in [1.807, 2.05) is 0 Å². The number of hydrogen-bond donors (Lipinski definition) is 8. The molecule has 0 radical (unpaired) electrons. The number of ether oxygens (including phenoxy) is 1. The highest BCUT2D eigenvalue weighted by Crippen LogP contribution is 2.22. The molecule has 2 aliphatic heterocycles. The molecule has 6 amide bonds. The molecule has 0 spiro atoms. The van der Waals surface area contributed by atoms with Crippen LogP contribution in [0.5, 0.6) is 11.5 Å². The van der Waals surface area contributed by atoms with Gasteiger partial charge in [0.2, 0.25) is 29.5 Å². The predicted molar refractivity (Wildman–Crippen MR) is 224 cm³/mol. The molecule has 2 aromatic carbocycles. The van der Waals surface area contributed by atoms with Gasteiger partial charge in [-0.05, 0) is 93.8 Å². The molecular formula is C44H64N6O10. The molecule has 2 fully saturated rings. The topological polar surface area (TPSA) is 236 Å². The number of aliphatic hydroxyl groups excluding tert-OH is 2. The number of rotatable bonds is 14. The van der Waals surface area contributed by atoms with E-state index in [0.29, 0.717) is 31.6 Å². The number of carbonyl (C=O) groups excluding carboxylic acids is 6. The second-order valence-corrected chi connectivity index (χ2v) is 15.8. The van der Waals surface area contributed by atoms with Crippen molar-refractivity contribution in [3.63, 3.8) is 0 Å². The number of carbonyl (C=O) groups is 6. The van der Waals surface area contributed by atoms with E-state index in [4.69, 9.17) is 4.74 Å². The van der Waals surface area contributed by atoms with E-state index in [1.54, 1.807) is 36.4 Å². The van der Waals surface area contributed by atoms with Crippen molar-refractivity contribution in [1.82, 2.24) is 31.5 Å². The van der Waals surface area contributed by atoms with Gasteiger partial charge in [0.05, 0.1) is 18.8 Å². The van der Waals surface area contributed by atoms with Crippen molar-refractivity contribution in [2.75, 3.05) is 26.2 Å². The molecule has 16 nitrogen and oxygen atoms in total. The highest BCUT2D eigenvalue weighted by molar-refractivity contribution is 5.99. The second-order valence-electron chi connectivity index (χ2n) is 15.8. The molecule has 2 heterocycles. The van der Waals surface area contributed by atoms with Crippen LogP contribution < -0.4 is 31.3 Å². The van der Waals surface area contributed by atoms with E-state index >= 15 is 0 Å².